The number of unbranched alkanes of at least 4 members (excludes halogenated alkanes) is 2. The molecular weight excluding hydrogens is 434 g/mol. The number of carbonyl (C=O) groups excluding carboxylic acids is 2. The van der Waals surface area contributed by atoms with Gasteiger partial charge in [0.15, 0.2) is 0 Å². The summed E-state index contributed by atoms with van der Waals surface area (Å²) in [6.07, 6.45) is 8.21. The first-order valence-electron chi connectivity index (χ1n) is 12.4. The van der Waals surface area contributed by atoms with Crippen molar-refractivity contribution in [1.29, 1.82) is 0 Å². The molecule has 184 valence electrons. The van der Waals surface area contributed by atoms with Crippen LogP contribution in [0, 0.1) is 0 Å². The number of carbonyl (C=O) groups is 2. The molecule has 0 N–H and O–H groups in total. The number of hydrogen-bond acceptors (Lipinski definition) is 2. The van der Waals surface area contributed by atoms with Crippen LogP contribution in [-0.4, -0.2) is 39.3 Å². The van der Waals surface area contributed by atoms with Crippen LogP contribution in [-0.2, 0) is 31.4 Å². The van der Waals surface area contributed by atoms with E-state index in [1.807, 2.05) is 89.4 Å². The van der Waals surface area contributed by atoms with Crippen molar-refractivity contribution >= 4 is 11.8 Å². The van der Waals surface area contributed by atoms with Crippen molar-refractivity contribution in [3.05, 3.63) is 108 Å². The number of nitrogens with zero attached hydrogens (tertiary/aromatic N) is 3. The van der Waals surface area contributed by atoms with Gasteiger partial charge in [0.25, 0.3) is 5.91 Å². The van der Waals surface area contributed by atoms with E-state index in [2.05, 4.69) is 13.5 Å². The number of hydrogen-bond donors (Lipinski definition) is 0. The average Bonchev–Trinajstić information content (AvgIpc) is 3.28. The number of benzene rings is 2. The Kier molecular flexibility index (Phi) is 9.91. The lowest BCUT2D eigenvalue weighted by Gasteiger charge is -2.27. The molecular formula is C30H37N3O2. The van der Waals surface area contributed by atoms with Gasteiger partial charge in [-0.05, 0) is 48.2 Å². The van der Waals surface area contributed by atoms with E-state index in [1.54, 1.807) is 11.0 Å². The van der Waals surface area contributed by atoms with E-state index in [4.69, 9.17) is 0 Å². The van der Waals surface area contributed by atoms with Crippen molar-refractivity contribution in [2.24, 2.45) is 7.05 Å². The lowest BCUT2D eigenvalue weighted by molar-refractivity contribution is -0.133. The number of aromatic nitrogens is 1. The minimum absolute atomic E-state index is 0.000358. The maximum atomic E-state index is 13.5. The SMILES string of the molecule is C=CCN(CC(=O)N(Cc1ccccc1)Cc1cccn1C)C(=O)c1ccc(CCCCC)cc1. The second-order valence-electron chi connectivity index (χ2n) is 8.97. The Hall–Kier alpha value is -3.60. The van der Waals surface area contributed by atoms with Gasteiger partial charge in [-0.2, -0.15) is 0 Å². The monoisotopic (exact) mass is 471 g/mol. The van der Waals surface area contributed by atoms with Crippen LogP contribution >= 0.6 is 0 Å². The van der Waals surface area contributed by atoms with Gasteiger partial charge in [-0.1, -0.05) is 68.3 Å². The first kappa shape index (κ1) is 26.0. The fourth-order valence-corrected chi connectivity index (χ4v) is 4.11. The number of aryl methyl sites for hydroxylation is 2. The highest BCUT2D eigenvalue weighted by Gasteiger charge is 2.22. The zero-order valence-corrected chi connectivity index (χ0v) is 21.0. The third-order valence-corrected chi connectivity index (χ3v) is 6.21. The van der Waals surface area contributed by atoms with Gasteiger partial charge < -0.3 is 14.4 Å². The minimum Gasteiger partial charge on any atom is -0.353 e. The van der Waals surface area contributed by atoms with E-state index in [-0.39, 0.29) is 18.4 Å². The Morgan fingerprint density at radius 2 is 1.63 bits per heavy atom. The van der Waals surface area contributed by atoms with Crippen LogP contribution in [0.4, 0.5) is 0 Å². The molecule has 0 saturated heterocycles. The summed E-state index contributed by atoms with van der Waals surface area (Å²) in [4.78, 5) is 30.2. The lowest BCUT2D eigenvalue weighted by Crippen LogP contribution is -2.42. The molecule has 2 amide bonds. The summed E-state index contributed by atoms with van der Waals surface area (Å²) in [5.41, 5.74) is 3.92. The zero-order valence-electron chi connectivity index (χ0n) is 21.0. The number of amides is 2. The zero-order chi connectivity index (χ0) is 25.0. The fourth-order valence-electron chi connectivity index (χ4n) is 4.11. The smallest absolute Gasteiger partial charge is 0.254 e. The summed E-state index contributed by atoms with van der Waals surface area (Å²) in [5, 5.41) is 0. The molecule has 0 aliphatic rings. The molecule has 0 atom stereocenters. The predicted molar refractivity (Wildman–Crippen MR) is 142 cm³/mol. The molecule has 0 fully saturated rings. The molecule has 0 radical (unpaired) electrons. The maximum absolute atomic E-state index is 13.5. The minimum atomic E-state index is -0.156. The average molecular weight is 472 g/mol. The molecule has 5 nitrogen and oxygen atoms in total. The first-order chi connectivity index (χ1) is 17.0. The van der Waals surface area contributed by atoms with Crippen LogP contribution in [0.5, 0.6) is 0 Å². The van der Waals surface area contributed by atoms with E-state index >= 15 is 0 Å². The highest BCUT2D eigenvalue weighted by molar-refractivity contribution is 5.96. The van der Waals surface area contributed by atoms with Gasteiger partial charge in [0, 0.05) is 37.6 Å². The van der Waals surface area contributed by atoms with Crippen LogP contribution in [0.3, 0.4) is 0 Å². The Balaban J connectivity index is 1.73. The van der Waals surface area contributed by atoms with Crippen LogP contribution in [0.25, 0.3) is 0 Å². The Labute approximate surface area is 209 Å². The van der Waals surface area contributed by atoms with Crippen LogP contribution in [0.15, 0.2) is 85.6 Å². The van der Waals surface area contributed by atoms with Crippen LogP contribution in [0.1, 0.15) is 53.4 Å². The topological polar surface area (TPSA) is 45.6 Å². The van der Waals surface area contributed by atoms with Gasteiger partial charge in [-0.25, -0.2) is 0 Å². The summed E-state index contributed by atoms with van der Waals surface area (Å²) < 4.78 is 2.01. The van der Waals surface area contributed by atoms with Crippen molar-refractivity contribution in [3.8, 4) is 0 Å². The number of rotatable bonds is 13. The molecule has 0 aliphatic carbocycles. The first-order valence-corrected chi connectivity index (χ1v) is 12.4. The van der Waals surface area contributed by atoms with Crippen molar-refractivity contribution in [2.45, 2.75) is 45.7 Å². The summed E-state index contributed by atoms with van der Waals surface area (Å²) in [5.74, 6) is -0.252. The summed E-state index contributed by atoms with van der Waals surface area (Å²) in [6.45, 7) is 7.26. The summed E-state index contributed by atoms with van der Waals surface area (Å²) in [6, 6.07) is 21.7. The Morgan fingerprint density at radius 3 is 2.26 bits per heavy atom. The van der Waals surface area contributed by atoms with Crippen molar-refractivity contribution < 1.29 is 9.59 Å². The predicted octanol–water partition coefficient (Wildman–Crippen LogP) is 5.62. The molecule has 0 unspecified atom stereocenters. The Bertz CT molecular complexity index is 1090. The van der Waals surface area contributed by atoms with Gasteiger partial charge in [0.05, 0.1) is 6.54 Å². The van der Waals surface area contributed by atoms with Crippen molar-refractivity contribution in [3.63, 3.8) is 0 Å². The molecule has 0 bridgehead atoms. The van der Waals surface area contributed by atoms with Gasteiger partial charge in [-0.15, -0.1) is 6.58 Å². The molecule has 0 aliphatic heterocycles. The molecule has 0 spiro atoms. The quantitative estimate of drug-likeness (QED) is 0.240. The van der Waals surface area contributed by atoms with E-state index in [9.17, 15) is 9.59 Å². The van der Waals surface area contributed by atoms with Crippen molar-refractivity contribution in [1.82, 2.24) is 14.4 Å². The summed E-state index contributed by atoms with van der Waals surface area (Å²) >= 11 is 0. The molecule has 3 aromatic rings. The molecule has 2 aromatic carbocycles. The molecule has 1 aromatic heterocycles. The van der Waals surface area contributed by atoms with E-state index in [0.29, 0.717) is 25.2 Å². The third-order valence-electron chi connectivity index (χ3n) is 6.21. The molecule has 5 heteroatoms. The third kappa shape index (κ3) is 7.71. The largest absolute Gasteiger partial charge is 0.353 e. The molecule has 0 saturated carbocycles. The summed E-state index contributed by atoms with van der Waals surface area (Å²) in [7, 11) is 1.97. The maximum Gasteiger partial charge on any atom is 0.254 e. The highest BCUT2D eigenvalue weighted by atomic mass is 16.2. The standard InChI is InChI=1S/C30H37N3O2/c1-4-6-8-12-25-16-18-27(19-17-25)30(35)32(20-5-2)24-29(34)33(22-26-13-9-7-10-14-26)23-28-15-11-21-31(28)3/h5,7,9-11,13-19,21H,2,4,6,8,12,20,22-24H2,1,3H3. The highest BCUT2D eigenvalue weighted by Crippen LogP contribution is 2.14. The van der Waals surface area contributed by atoms with E-state index in [0.717, 1.165) is 24.1 Å². The Morgan fingerprint density at radius 1 is 0.886 bits per heavy atom. The lowest BCUT2D eigenvalue weighted by atomic mass is 10.0. The molecule has 35 heavy (non-hydrogen) atoms. The van der Waals surface area contributed by atoms with E-state index in [1.165, 1.54) is 18.4 Å². The second kappa shape index (κ2) is 13.3. The second-order valence-corrected chi connectivity index (χ2v) is 8.97. The van der Waals surface area contributed by atoms with Crippen molar-refractivity contribution in [2.75, 3.05) is 13.1 Å². The van der Waals surface area contributed by atoms with Gasteiger partial charge in [0.1, 0.15) is 6.54 Å². The van der Waals surface area contributed by atoms with Gasteiger partial charge in [-0.3, -0.25) is 9.59 Å². The normalized spacial score (nSPS) is 10.7. The molecule has 1 heterocycles. The van der Waals surface area contributed by atoms with Gasteiger partial charge in [0.2, 0.25) is 5.91 Å². The fraction of sp³-hybridized carbons (Fsp3) is 0.333. The van der Waals surface area contributed by atoms with Gasteiger partial charge >= 0.3 is 0 Å². The van der Waals surface area contributed by atoms with E-state index < -0.39 is 0 Å². The van der Waals surface area contributed by atoms with Crippen LogP contribution < -0.4 is 0 Å². The molecule has 3 rings (SSSR count). The van der Waals surface area contributed by atoms with Crippen LogP contribution in [0.2, 0.25) is 0 Å².